The van der Waals surface area contributed by atoms with E-state index in [1.165, 1.54) is 12.1 Å². The fourth-order valence-corrected chi connectivity index (χ4v) is 2.49. The van der Waals surface area contributed by atoms with Gasteiger partial charge in [-0.2, -0.15) is 0 Å². The first-order valence-electron chi connectivity index (χ1n) is 8.59. The number of carbonyl (C=O) groups is 1. The van der Waals surface area contributed by atoms with Crippen LogP contribution in [0, 0.1) is 5.82 Å². The monoisotopic (exact) mass is 362 g/mol. The van der Waals surface area contributed by atoms with Crippen LogP contribution >= 0.6 is 0 Å². The number of amides is 2. The van der Waals surface area contributed by atoms with Gasteiger partial charge in [0, 0.05) is 38.1 Å². The Balaban J connectivity index is 2.13. The smallest absolute Gasteiger partial charge is 0.318 e. The summed E-state index contributed by atoms with van der Waals surface area (Å²) in [4.78, 5) is 18.6. The highest BCUT2D eigenvalue weighted by Crippen LogP contribution is 2.11. The summed E-state index contributed by atoms with van der Waals surface area (Å²) in [6.45, 7) is 7.52. The summed E-state index contributed by atoms with van der Waals surface area (Å²) in [6.07, 6.45) is 3.52. The lowest BCUT2D eigenvalue weighted by Gasteiger charge is -2.28. The zero-order chi connectivity index (χ0) is 19.2. The first-order chi connectivity index (χ1) is 12.3. The molecule has 0 radical (unpaired) electrons. The van der Waals surface area contributed by atoms with E-state index in [0.29, 0.717) is 26.2 Å². The Morgan fingerprint density at radius 2 is 2.15 bits per heavy atom. The second-order valence-corrected chi connectivity index (χ2v) is 7.20. The molecule has 2 rings (SSSR count). The third-order valence-electron chi connectivity index (χ3n) is 3.71. The molecule has 0 atom stereocenters. The highest BCUT2D eigenvalue weighted by molar-refractivity contribution is 5.74. The first-order valence-corrected chi connectivity index (χ1v) is 8.59. The minimum atomic E-state index is -0.334. The van der Waals surface area contributed by atoms with E-state index in [2.05, 4.69) is 10.3 Å². The second-order valence-electron chi connectivity index (χ2n) is 7.20. The molecule has 0 aliphatic carbocycles. The summed E-state index contributed by atoms with van der Waals surface area (Å²) in [5.74, 6) is 0.463. The third-order valence-corrected chi connectivity index (χ3v) is 3.71. The molecule has 26 heavy (non-hydrogen) atoms. The van der Waals surface area contributed by atoms with Crippen LogP contribution in [0.1, 0.15) is 32.2 Å². The fourth-order valence-electron chi connectivity index (χ4n) is 2.49. The number of benzene rings is 1. The van der Waals surface area contributed by atoms with Crippen molar-refractivity contribution in [2.75, 3.05) is 20.3 Å². The number of hydrogen-bond acceptors (Lipinski definition) is 3. The molecule has 0 aliphatic rings. The van der Waals surface area contributed by atoms with Gasteiger partial charge in [0.05, 0.1) is 13.2 Å². The summed E-state index contributed by atoms with van der Waals surface area (Å²) in [6, 6.07) is 6.29. The zero-order valence-electron chi connectivity index (χ0n) is 15.8. The Bertz CT molecular complexity index is 724. The van der Waals surface area contributed by atoms with Crippen LogP contribution in [-0.4, -0.2) is 46.3 Å². The van der Waals surface area contributed by atoms with Gasteiger partial charge >= 0.3 is 6.03 Å². The van der Waals surface area contributed by atoms with Crippen LogP contribution in [0.3, 0.4) is 0 Å². The van der Waals surface area contributed by atoms with Gasteiger partial charge in [-0.1, -0.05) is 12.1 Å². The van der Waals surface area contributed by atoms with Gasteiger partial charge in [0.25, 0.3) is 0 Å². The van der Waals surface area contributed by atoms with Crippen molar-refractivity contribution in [1.29, 1.82) is 0 Å². The maximum Gasteiger partial charge on any atom is 0.318 e. The molecule has 0 fully saturated rings. The van der Waals surface area contributed by atoms with Gasteiger partial charge in [-0.05, 0) is 38.5 Å². The highest BCUT2D eigenvalue weighted by atomic mass is 19.1. The van der Waals surface area contributed by atoms with Gasteiger partial charge in [0.2, 0.25) is 0 Å². The number of halogens is 1. The molecule has 1 aromatic heterocycles. The lowest BCUT2D eigenvalue weighted by Crippen LogP contribution is -2.49. The van der Waals surface area contributed by atoms with E-state index in [9.17, 15) is 9.18 Å². The number of rotatable bonds is 7. The Morgan fingerprint density at radius 3 is 2.81 bits per heavy atom. The van der Waals surface area contributed by atoms with Crippen LogP contribution < -0.4 is 5.32 Å². The normalized spacial score (nSPS) is 11.4. The van der Waals surface area contributed by atoms with Gasteiger partial charge in [-0.25, -0.2) is 14.2 Å². The molecule has 0 bridgehead atoms. The highest BCUT2D eigenvalue weighted by Gasteiger charge is 2.21. The fraction of sp³-hybridized carbons (Fsp3) is 0.474. The Morgan fingerprint density at radius 1 is 1.38 bits per heavy atom. The molecule has 2 aromatic rings. The summed E-state index contributed by atoms with van der Waals surface area (Å²) in [5.41, 5.74) is 0.506. The molecule has 1 heterocycles. The average molecular weight is 362 g/mol. The van der Waals surface area contributed by atoms with Crippen molar-refractivity contribution < 1.29 is 13.9 Å². The van der Waals surface area contributed by atoms with Crippen molar-refractivity contribution in [1.82, 2.24) is 19.8 Å². The first kappa shape index (κ1) is 19.9. The molecule has 1 aromatic carbocycles. The van der Waals surface area contributed by atoms with Crippen LogP contribution in [0.4, 0.5) is 9.18 Å². The molecule has 7 heteroatoms. The van der Waals surface area contributed by atoms with Crippen LogP contribution in [0.5, 0.6) is 0 Å². The van der Waals surface area contributed by atoms with Gasteiger partial charge in [-0.3, -0.25) is 0 Å². The minimum absolute atomic E-state index is 0.171. The number of hydrogen-bond donors (Lipinski definition) is 1. The molecule has 142 valence electrons. The van der Waals surface area contributed by atoms with E-state index in [4.69, 9.17) is 4.74 Å². The molecular formula is C19H27FN4O2. The van der Waals surface area contributed by atoms with E-state index < -0.39 is 0 Å². The van der Waals surface area contributed by atoms with E-state index in [-0.39, 0.29) is 17.4 Å². The van der Waals surface area contributed by atoms with Crippen molar-refractivity contribution in [3.8, 4) is 0 Å². The van der Waals surface area contributed by atoms with Gasteiger partial charge < -0.3 is 19.5 Å². The number of urea groups is 1. The molecule has 0 aliphatic heterocycles. The van der Waals surface area contributed by atoms with Crippen molar-refractivity contribution in [3.63, 3.8) is 0 Å². The third kappa shape index (κ3) is 6.15. The van der Waals surface area contributed by atoms with Crippen molar-refractivity contribution in [2.24, 2.45) is 0 Å². The predicted molar refractivity (Wildman–Crippen MR) is 98.3 cm³/mol. The van der Waals surface area contributed by atoms with Gasteiger partial charge in [0.1, 0.15) is 11.6 Å². The molecule has 6 nitrogen and oxygen atoms in total. The molecule has 0 saturated heterocycles. The maximum atomic E-state index is 13.4. The standard InChI is InChI=1S/C19H27FN4O2/c1-19(2,3)22-18(25)24(10-11-26-4)14-17-21-8-9-23(17)13-15-6-5-7-16(20)12-15/h5-9,12H,10-11,13-14H2,1-4H3,(H,22,25). The lowest BCUT2D eigenvalue weighted by atomic mass is 10.1. The van der Waals surface area contributed by atoms with Crippen LogP contribution in [0.2, 0.25) is 0 Å². The average Bonchev–Trinajstić information content (AvgIpc) is 2.96. The van der Waals surface area contributed by atoms with Crippen molar-refractivity contribution >= 4 is 6.03 Å². The number of nitrogens with zero attached hydrogens (tertiary/aromatic N) is 3. The number of nitrogens with one attached hydrogen (secondary N) is 1. The molecule has 0 spiro atoms. The zero-order valence-corrected chi connectivity index (χ0v) is 15.8. The Labute approximate surface area is 154 Å². The molecule has 2 amide bonds. The van der Waals surface area contributed by atoms with E-state index in [0.717, 1.165) is 11.4 Å². The maximum absolute atomic E-state index is 13.4. The van der Waals surface area contributed by atoms with Crippen molar-refractivity contribution in [3.05, 3.63) is 53.9 Å². The van der Waals surface area contributed by atoms with E-state index in [1.54, 1.807) is 24.3 Å². The molecular weight excluding hydrogens is 335 g/mol. The summed E-state index contributed by atoms with van der Waals surface area (Å²) in [5, 5.41) is 2.96. The second kappa shape index (κ2) is 8.80. The Hall–Kier alpha value is -2.41. The topological polar surface area (TPSA) is 59.4 Å². The van der Waals surface area contributed by atoms with Gasteiger partial charge in [0.15, 0.2) is 0 Å². The predicted octanol–water partition coefficient (Wildman–Crippen LogP) is 3.03. The summed E-state index contributed by atoms with van der Waals surface area (Å²) in [7, 11) is 1.60. The number of imidazole rings is 1. The van der Waals surface area contributed by atoms with E-state index >= 15 is 0 Å². The van der Waals surface area contributed by atoms with Gasteiger partial charge in [-0.15, -0.1) is 0 Å². The summed E-state index contributed by atoms with van der Waals surface area (Å²) < 4.78 is 20.4. The number of carbonyl (C=O) groups excluding carboxylic acids is 1. The molecule has 1 N–H and O–H groups in total. The quantitative estimate of drug-likeness (QED) is 0.824. The van der Waals surface area contributed by atoms with Crippen LogP contribution in [0.25, 0.3) is 0 Å². The Kier molecular flexibility index (Phi) is 6.74. The molecule has 0 unspecified atom stereocenters. The number of ether oxygens (including phenoxy) is 1. The number of methoxy groups -OCH3 is 1. The number of aromatic nitrogens is 2. The minimum Gasteiger partial charge on any atom is -0.383 e. The summed E-state index contributed by atoms with van der Waals surface area (Å²) >= 11 is 0. The molecule has 0 saturated carbocycles. The lowest BCUT2D eigenvalue weighted by molar-refractivity contribution is 0.140. The van der Waals surface area contributed by atoms with Crippen molar-refractivity contribution in [2.45, 2.75) is 39.4 Å². The van der Waals surface area contributed by atoms with Crippen LogP contribution in [0.15, 0.2) is 36.7 Å². The van der Waals surface area contributed by atoms with E-state index in [1.807, 2.05) is 37.6 Å². The SMILES string of the molecule is COCCN(Cc1nccn1Cc1cccc(F)c1)C(=O)NC(C)(C)C. The van der Waals surface area contributed by atoms with Crippen LogP contribution in [-0.2, 0) is 17.8 Å². The largest absolute Gasteiger partial charge is 0.383 e.